The van der Waals surface area contributed by atoms with Crippen LogP contribution in [0, 0.1) is 11.8 Å². The van der Waals surface area contributed by atoms with Crippen molar-refractivity contribution in [3.63, 3.8) is 0 Å². The summed E-state index contributed by atoms with van der Waals surface area (Å²) in [7, 11) is -3.68. The van der Waals surface area contributed by atoms with Crippen LogP contribution >= 0.6 is 34.5 Å². The highest BCUT2D eigenvalue weighted by atomic mass is 35.5. The third kappa shape index (κ3) is 6.43. The molecule has 0 fully saturated rings. The van der Waals surface area contributed by atoms with Crippen LogP contribution in [0.3, 0.4) is 0 Å². The molecule has 3 rings (SSSR count). The van der Waals surface area contributed by atoms with Crippen LogP contribution in [0.4, 0.5) is 0 Å². The summed E-state index contributed by atoms with van der Waals surface area (Å²) in [6.45, 7) is 13.0. The van der Waals surface area contributed by atoms with Crippen LogP contribution in [0.1, 0.15) is 38.1 Å². The van der Waals surface area contributed by atoms with Gasteiger partial charge in [0.1, 0.15) is 0 Å². The van der Waals surface area contributed by atoms with Crippen LogP contribution in [-0.2, 0) is 16.6 Å². The maximum Gasteiger partial charge on any atom is 0.279 e. The van der Waals surface area contributed by atoms with Crippen molar-refractivity contribution < 1.29 is 13.2 Å². The Morgan fingerprint density at radius 3 is 2.26 bits per heavy atom. The standard InChI is InChI=1S/C25H29Cl2N3O3S2/c1-6-11-30-23-21(27)12-19(26)13-22(23)34-25(30)28-24(31)18-7-9-20(10-8-18)35(32,33)29(14-16(2)3)15-17(4)5/h6-10,12-13,16-17H,1,11,14-15H2,2-5H3. The molecule has 1 heterocycles. The zero-order chi connectivity index (χ0) is 25.9. The number of nitrogens with zero attached hydrogens (tertiary/aromatic N) is 3. The molecular formula is C25H29Cl2N3O3S2. The summed E-state index contributed by atoms with van der Waals surface area (Å²) in [5.41, 5.74) is 1.01. The number of rotatable bonds is 9. The molecule has 0 atom stereocenters. The Morgan fingerprint density at radius 1 is 1.11 bits per heavy atom. The van der Waals surface area contributed by atoms with Gasteiger partial charge in [0.05, 0.1) is 20.1 Å². The van der Waals surface area contributed by atoms with E-state index in [0.717, 1.165) is 10.2 Å². The van der Waals surface area contributed by atoms with Crippen LogP contribution < -0.4 is 4.80 Å². The first-order chi connectivity index (χ1) is 16.4. The zero-order valence-electron chi connectivity index (χ0n) is 20.2. The Hall–Kier alpha value is -1.97. The largest absolute Gasteiger partial charge is 0.311 e. The number of amides is 1. The minimum atomic E-state index is -3.68. The quantitative estimate of drug-likeness (QED) is 0.294. The maximum atomic E-state index is 13.2. The SMILES string of the molecule is C=CCn1c(=NC(=O)c2ccc(S(=O)(=O)N(CC(C)C)CC(C)C)cc2)sc2cc(Cl)cc(Cl)c21. The van der Waals surface area contributed by atoms with Gasteiger partial charge in [0.25, 0.3) is 5.91 Å². The van der Waals surface area contributed by atoms with Crippen molar-refractivity contribution in [3.05, 3.63) is 69.5 Å². The minimum Gasteiger partial charge on any atom is -0.311 e. The van der Waals surface area contributed by atoms with Crippen molar-refractivity contribution in [2.24, 2.45) is 16.8 Å². The maximum absolute atomic E-state index is 13.2. The van der Waals surface area contributed by atoms with E-state index in [1.807, 2.05) is 27.7 Å². The van der Waals surface area contributed by atoms with E-state index in [1.54, 1.807) is 22.8 Å². The predicted octanol–water partition coefficient (Wildman–Crippen LogP) is 6.24. The Balaban J connectivity index is 1.98. The summed E-state index contributed by atoms with van der Waals surface area (Å²) in [5.74, 6) is -0.105. The van der Waals surface area contributed by atoms with E-state index >= 15 is 0 Å². The average molecular weight is 555 g/mol. The molecule has 0 aliphatic carbocycles. The third-order valence-corrected chi connectivity index (χ3v) is 8.46. The highest BCUT2D eigenvalue weighted by Crippen LogP contribution is 2.30. The van der Waals surface area contributed by atoms with Crippen LogP contribution in [0.2, 0.25) is 10.0 Å². The van der Waals surface area contributed by atoms with Gasteiger partial charge >= 0.3 is 0 Å². The summed E-state index contributed by atoms with van der Waals surface area (Å²) >= 11 is 13.8. The molecule has 10 heteroatoms. The summed E-state index contributed by atoms with van der Waals surface area (Å²) in [6.07, 6.45) is 1.69. The fourth-order valence-electron chi connectivity index (χ4n) is 3.67. The first kappa shape index (κ1) is 27.6. The molecule has 0 bridgehead atoms. The second-order valence-corrected chi connectivity index (χ2v) is 12.9. The molecule has 1 amide bonds. The molecule has 0 saturated carbocycles. The lowest BCUT2D eigenvalue weighted by atomic mass is 10.2. The Kier molecular flexibility index (Phi) is 8.99. The number of aromatic nitrogens is 1. The molecule has 0 unspecified atom stereocenters. The summed E-state index contributed by atoms with van der Waals surface area (Å²) in [6, 6.07) is 9.34. The normalized spacial score (nSPS) is 12.9. The monoisotopic (exact) mass is 553 g/mol. The number of carbonyl (C=O) groups is 1. The van der Waals surface area contributed by atoms with Crippen molar-refractivity contribution in [1.82, 2.24) is 8.87 Å². The number of sulfonamides is 1. The molecule has 0 N–H and O–H groups in total. The van der Waals surface area contributed by atoms with Crippen molar-refractivity contribution >= 4 is 60.7 Å². The van der Waals surface area contributed by atoms with Crippen molar-refractivity contribution in [1.29, 1.82) is 0 Å². The third-order valence-electron chi connectivity index (χ3n) is 5.08. The number of carbonyl (C=O) groups excluding carboxylic acids is 1. The number of benzene rings is 2. The van der Waals surface area contributed by atoms with E-state index in [0.29, 0.717) is 34.5 Å². The van der Waals surface area contributed by atoms with Crippen LogP contribution in [0.15, 0.2) is 58.9 Å². The van der Waals surface area contributed by atoms with Gasteiger partial charge in [-0.15, -0.1) is 6.58 Å². The molecule has 6 nitrogen and oxygen atoms in total. The molecular weight excluding hydrogens is 525 g/mol. The number of fused-ring (bicyclic) bond motifs is 1. The summed E-state index contributed by atoms with van der Waals surface area (Å²) in [5, 5.41) is 0.953. The highest BCUT2D eigenvalue weighted by Gasteiger charge is 2.26. The zero-order valence-corrected chi connectivity index (χ0v) is 23.3. The van der Waals surface area contributed by atoms with Gasteiger partial charge in [0, 0.05) is 30.2 Å². The van der Waals surface area contributed by atoms with Gasteiger partial charge < -0.3 is 4.57 Å². The molecule has 2 aromatic carbocycles. The Labute approximate surface area is 220 Å². The van der Waals surface area contributed by atoms with Crippen molar-refractivity contribution in [3.8, 4) is 0 Å². The van der Waals surface area contributed by atoms with Crippen molar-refractivity contribution in [2.45, 2.75) is 39.1 Å². The van der Waals surface area contributed by atoms with Gasteiger partial charge in [-0.1, -0.05) is 68.3 Å². The van der Waals surface area contributed by atoms with E-state index in [9.17, 15) is 13.2 Å². The molecule has 1 aromatic heterocycles. The second kappa shape index (κ2) is 11.4. The number of hydrogen-bond donors (Lipinski definition) is 0. The first-order valence-corrected chi connectivity index (χ1v) is 14.2. The van der Waals surface area contributed by atoms with E-state index < -0.39 is 15.9 Å². The summed E-state index contributed by atoms with van der Waals surface area (Å²) in [4.78, 5) is 17.9. The lowest BCUT2D eigenvalue weighted by molar-refractivity contribution is 0.0997. The van der Waals surface area contributed by atoms with Crippen LogP contribution in [0.25, 0.3) is 10.2 Å². The van der Waals surface area contributed by atoms with Gasteiger partial charge in [0.2, 0.25) is 10.0 Å². The summed E-state index contributed by atoms with van der Waals surface area (Å²) < 4.78 is 30.6. The highest BCUT2D eigenvalue weighted by molar-refractivity contribution is 7.89. The topological polar surface area (TPSA) is 71.7 Å². The number of halogens is 2. The number of thiazole rings is 1. The predicted molar refractivity (Wildman–Crippen MR) is 145 cm³/mol. The van der Waals surface area contributed by atoms with Gasteiger partial charge in [-0.25, -0.2) is 8.42 Å². The lowest BCUT2D eigenvalue weighted by Gasteiger charge is -2.25. The number of hydrogen-bond acceptors (Lipinski definition) is 4. The number of allylic oxidation sites excluding steroid dienone is 1. The smallest absolute Gasteiger partial charge is 0.279 e. The Morgan fingerprint density at radius 2 is 1.71 bits per heavy atom. The average Bonchev–Trinajstić information content (AvgIpc) is 3.09. The van der Waals surface area contributed by atoms with Gasteiger partial charge in [-0.3, -0.25) is 4.79 Å². The molecule has 0 saturated heterocycles. The molecule has 3 aromatic rings. The van der Waals surface area contributed by atoms with E-state index in [2.05, 4.69) is 11.6 Å². The van der Waals surface area contributed by atoms with Crippen LogP contribution in [-0.4, -0.2) is 36.3 Å². The van der Waals surface area contributed by atoms with E-state index in [1.165, 1.54) is 39.9 Å². The van der Waals surface area contributed by atoms with Gasteiger partial charge in [0.15, 0.2) is 4.80 Å². The molecule has 0 radical (unpaired) electrons. The molecule has 0 spiro atoms. The fraction of sp³-hybridized carbons (Fsp3) is 0.360. The molecule has 0 aliphatic heterocycles. The van der Waals surface area contributed by atoms with Crippen molar-refractivity contribution in [2.75, 3.05) is 13.1 Å². The van der Waals surface area contributed by atoms with E-state index in [-0.39, 0.29) is 22.3 Å². The molecule has 35 heavy (non-hydrogen) atoms. The van der Waals surface area contributed by atoms with Crippen LogP contribution in [0.5, 0.6) is 0 Å². The lowest BCUT2D eigenvalue weighted by Crippen LogP contribution is -2.37. The first-order valence-electron chi connectivity index (χ1n) is 11.2. The van der Waals surface area contributed by atoms with Gasteiger partial charge in [-0.05, 0) is 48.2 Å². The molecule has 0 aliphatic rings. The van der Waals surface area contributed by atoms with Gasteiger partial charge in [-0.2, -0.15) is 9.30 Å². The minimum absolute atomic E-state index is 0.153. The van der Waals surface area contributed by atoms with E-state index in [4.69, 9.17) is 23.2 Å². The fourth-order valence-corrected chi connectivity index (χ4v) is 7.26. The molecule has 188 valence electrons. The second-order valence-electron chi connectivity index (χ2n) is 9.07. The Bertz CT molecular complexity index is 1400.